The Morgan fingerprint density at radius 1 is 1.17 bits per heavy atom. The van der Waals surface area contributed by atoms with E-state index in [-0.39, 0.29) is 13.5 Å². The predicted molar refractivity (Wildman–Crippen MR) is 35.5 cm³/mol. The van der Waals surface area contributed by atoms with Crippen molar-refractivity contribution in [3.8, 4) is 0 Å². The fourth-order valence-corrected chi connectivity index (χ4v) is 1.50. The SMILES string of the molecule is C[CH2][Ga][CH2]C.[SH-]. The van der Waals surface area contributed by atoms with Gasteiger partial charge in [0.05, 0.1) is 0 Å². The van der Waals surface area contributed by atoms with Crippen LogP contribution < -0.4 is 0 Å². The molecule has 0 heterocycles. The maximum absolute atomic E-state index is 2.28. The molecule has 0 aromatic heterocycles. The maximum Gasteiger partial charge on any atom is -0.813 e. The van der Waals surface area contributed by atoms with Gasteiger partial charge in [-0.2, -0.15) is 0 Å². The molecule has 0 aliphatic rings. The molecule has 0 rings (SSSR count). The Balaban J connectivity index is 0. The van der Waals surface area contributed by atoms with Crippen molar-refractivity contribution in [2.45, 2.75) is 23.8 Å². The maximum atomic E-state index is 2.28. The van der Waals surface area contributed by atoms with Crippen LogP contribution in [0.3, 0.4) is 0 Å². The van der Waals surface area contributed by atoms with Gasteiger partial charge in [0.15, 0.2) is 0 Å². The smallest absolute Gasteiger partial charge is 0.813 e. The zero-order valence-electron chi connectivity index (χ0n) is 4.44. The van der Waals surface area contributed by atoms with Gasteiger partial charge in [-0.25, -0.2) is 0 Å². The second-order valence-electron chi connectivity index (χ2n) is 1.11. The number of rotatable bonds is 2. The first-order valence-corrected chi connectivity index (χ1v) is 5.66. The van der Waals surface area contributed by atoms with E-state index in [2.05, 4.69) is 13.8 Å². The minimum absolute atomic E-state index is 0. The summed E-state index contributed by atoms with van der Waals surface area (Å²) in [5.41, 5.74) is 0. The molecule has 0 fully saturated rings. The van der Waals surface area contributed by atoms with Crippen LogP contribution in [-0.2, 0) is 13.5 Å². The Kier molecular flexibility index (Phi) is 15.7. The second kappa shape index (κ2) is 9.37. The molecule has 0 atom stereocenters. The van der Waals surface area contributed by atoms with Crippen molar-refractivity contribution < 1.29 is 0 Å². The van der Waals surface area contributed by atoms with Crippen molar-refractivity contribution in [3.05, 3.63) is 0 Å². The zero-order chi connectivity index (χ0) is 4.12. The molecule has 0 aliphatic heterocycles. The molecule has 0 N–H and O–H groups in total. The predicted octanol–water partition coefficient (Wildman–Crippen LogP) is 1.30. The molecule has 2 heteroatoms. The van der Waals surface area contributed by atoms with Crippen molar-refractivity contribution in [3.63, 3.8) is 0 Å². The van der Waals surface area contributed by atoms with Gasteiger partial charge in [0.2, 0.25) is 0 Å². The van der Waals surface area contributed by atoms with Crippen molar-refractivity contribution in [2.24, 2.45) is 0 Å². The van der Waals surface area contributed by atoms with Gasteiger partial charge in [-0.1, -0.05) is 0 Å². The molecule has 0 saturated carbocycles. The topological polar surface area (TPSA) is 0 Å². The van der Waals surface area contributed by atoms with Crippen LogP contribution in [0.5, 0.6) is 0 Å². The Bertz CT molecular complexity index is 15.0. The quantitative estimate of drug-likeness (QED) is 0.334. The van der Waals surface area contributed by atoms with Crippen LogP contribution in [-0.4, -0.2) is 17.4 Å². The van der Waals surface area contributed by atoms with Crippen LogP contribution in [0.4, 0.5) is 0 Å². The van der Waals surface area contributed by atoms with Gasteiger partial charge in [-0.15, -0.1) is 0 Å². The molecular formula is C4H11GaS-. The monoisotopic (exact) mass is 160 g/mol. The summed E-state index contributed by atoms with van der Waals surface area (Å²) in [6.07, 6.45) is 0. The fourth-order valence-electron chi connectivity index (χ4n) is 0.289. The first kappa shape index (κ1) is 10.1. The van der Waals surface area contributed by atoms with E-state index in [1.807, 2.05) is 0 Å². The van der Waals surface area contributed by atoms with Gasteiger partial charge in [-0.3, -0.25) is 0 Å². The Labute approximate surface area is 54.9 Å². The van der Waals surface area contributed by atoms with Gasteiger partial charge in [0.25, 0.3) is 0 Å². The van der Waals surface area contributed by atoms with Gasteiger partial charge < -0.3 is 13.5 Å². The molecule has 0 aliphatic carbocycles. The van der Waals surface area contributed by atoms with Crippen molar-refractivity contribution >= 4 is 30.9 Å². The number of hydrogen-bond acceptors (Lipinski definition) is 1. The summed E-state index contributed by atoms with van der Waals surface area (Å²) in [6, 6.07) is 0. The van der Waals surface area contributed by atoms with Crippen LogP contribution >= 0.6 is 0 Å². The Morgan fingerprint density at radius 3 is 1.50 bits per heavy atom. The van der Waals surface area contributed by atoms with Crippen LogP contribution in [0, 0.1) is 0 Å². The molecule has 37 valence electrons. The molecule has 0 unspecified atom stereocenters. The summed E-state index contributed by atoms with van der Waals surface area (Å²) in [5, 5.41) is 0. The van der Waals surface area contributed by atoms with Crippen LogP contribution in [0.15, 0.2) is 0 Å². The summed E-state index contributed by atoms with van der Waals surface area (Å²) < 4.78 is 0. The minimum atomic E-state index is 0. The van der Waals surface area contributed by atoms with Crippen LogP contribution in [0.25, 0.3) is 0 Å². The van der Waals surface area contributed by atoms with E-state index in [1.165, 1.54) is 9.95 Å². The molecule has 0 bridgehead atoms. The Hall–Kier alpha value is 0.986. The van der Waals surface area contributed by atoms with Crippen LogP contribution in [0.1, 0.15) is 13.8 Å². The van der Waals surface area contributed by atoms with Gasteiger partial charge >= 0.3 is 41.2 Å². The third-order valence-corrected chi connectivity index (χ3v) is 3.00. The van der Waals surface area contributed by atoms with E-state index >= 15 is 0 Å². The summed E-state index contributed by atoms with van der Waals surface area (Å²) in [7, 11) is 0. The van der Waals surface area contributed by atoms with E-state index in [9.17, 15) is 0 Å². The zero-order valence-corrected chi connectivity index (χ0v) is 7.76. The second-order valence-corrected chi connectivity index (χ2v) is 5.74. The Morgan fingerprint density at radius 2 is 1.50 bits per heavy atom. The van der Waals surface area contributed by atoms with Crippen molar-refractivity contribution in [2.75, 3.05) is 0 Å². The normalized spacial score (nSPS) is 6.33. The van der Waals surface area contributed by atoms with Crippen LogP contribution in [0.2, 0.25) is 9.95 Å². The molecule has 0 nitrogen and oxygen atoms in total. The number of thiol groups is 1. The van der Waals surface area contributed by atoms with E-state index in [0.29, 0.717) is 17.4 Å². The average molecular weight is 161 g/mol. The van der Waals surface area contributed by atoms with Crippen molar-refractivity contribution in [1.82, 2.24) is 0 Å². The summed E-state index contributed by atoms with van der Waals surface area (Å²) in [5.74, 6) is 0. The van der Waals surface area contributed by atoms with Gasteiger partial charge in [-0.05, 0) is 0 Å². The summed E-state index contributed by atoms with van der Waals surface area (Å²) >= 11 is 0.312. The van der Waals surface area contributed by atoms with E-state index in [1.54, 1.807) is 0 Å². The first-order valence-electron chi connectivity index (χ1n) is 2.23. The molecule has 0 aromatic carbocycles. The molecule has 6 heavy (non-hydrogen) atoms. The first-order chi connectivity index (χ1) is 2.41. The summed E-state index contributed by atoms with van der Waals surface area (Å²) in [6.45, 7) is 4.56. The average Bonchev–Trinajstić information content (AvgIpc) is 1.41. The largest absolute Gasteiger partial charge is 0.813 e. The fraction of sp³-hybridized carbons (Fsp3) is 1.00. The van der Waals surface area contributed by atoms with E-state index in [0.717, 1.165) is 0 Å². The molecule has 0 amide bonds. The van der Waals surface area contributed by atoms with Crippen molar-refractivity contribution in [1.29, 1.82) is 0 Å². The van der Waals surface area contributed by atoms with Gasteiger partial charge in [0.1, 0.15) is 0 Å². The molecular weight excluding hydrogens is 150 g/mol. The van der Waals surface area contributed by atoms with E-state index in [4.69, 9.17) is 0 Å². The third kappa shape index (κ3) is 8.88. The van der Waals surface area contributed by atoms with E-state index < -0.39 is 0 Å². The molecule has 0 saturated heterocycles. The minimum Gasteiger partial charge on any atom is -0.813 e. The third-order valence-electron chi connectivity index (χ3n) is 0.577. The molecule has 0 aromatic rings. The number of hydrogen-bond donors (Lipinski definition) is 0. The molecule has 1 radical (unpaired) electrons. The van der Waals surface area contributed by atoms with Gasteiger partial charge in [0, 0.05) is 0 Å². The molecule has 0 spiro atoms. The standard InChI is InChI=1S/2C2H5.Ga.H2S/c2*1-2;;/h2*1H2,2H3;;1H2/p-1. The summed E-state index contributed by atoms with van der Waals surface area (Å²) in [4.78, 5) is 3.00.